The highest BCUT2D eigenvalue weighted by Crippen LogP contribution is 2.51. The van der Waals surface area contributed by atoms with Gasteiger partial charge in [-0.1, -0.05) is 184 Å². The van der Waals surface area contributed by atoms with E-state index in [2.05, 4.69) is 273 Å². The van der Waals surface area contributed by atoms with E-state index < -0.39 is 0 Å². The Morgan fingerprint density at radius 2 is 0.925 bits per heavy atom. The molecule has 0 fully saturated rings. The van der Waals surface area contributed by atoms with Gasteiger partial charge in [0.2, 0.25) is 6.79 Å². The lowest BCUT2D eigenvalue weighted by molar-refractivity contribution is 0.174. The number of hydrogen-bond donors (Lipinski definition) is 0. The van der Waals surface area contributed by atoms with E-state index in [9.17, 15) is 0 Å². The first-order valence-corrected chi connectivity index (χ1v) is 28.2. The Labute approximate surface area is 471 Å². The van der Waals surface area contributed by atoms with Crippen LogP contribution in [0.4, 0.5) is 34.1 Å². The number of furan rings is 1. The van der Waals surface area contributed by atoms with Crippen LogP contribution in [-0.2, 0) is 16.2 Å². The quantitative estimate of drug-likeness (QED) is 0.155. The average molecular weight is 1040 g/mol. The summed E-state index contributed by atoms with van der Waals surface area (Å²) in [6, 6.07) is 75.0. The highest BCUT2D eigenvalue weighted by atomic mass is 16.7. The summed E-state index contributed by atoms with van der Waals surface area (Å²) in [5.41, 5.74) is 26.2. The molecule has 3 aliphatic rings. The number of para-hydroxylation sites is 1. The van der Waals surface area contributed by atoms with Crippen molar-refractivity contribution >= 4 is 79.2 Å². The molecule has 0 saturated heterocycles. The minimum absolute atomic E-state index is 0.0213. The zero-order valence-electron chi connectivity index (χ0n) is 47.5. The van der Waals surface area contributed by atoms with E-state index >= 15 is 0 Å². The standard InChI is InChI=1S/C74H65BN2O3/c1-45-34-65-71-66(35-45)77(62-33-30-55(74(8,9)10)41-59(62)48-16-12-11-13-17-48)64-43-70-69(78-44-79-70)42-61(64)75(71)60-32-25-49(50-24-31-58-57-18-14-15-19-67(57)80-68(58)40-50)39-63(60)76(65)56-37-51(46-20-26-53(27-21-46)72(2,3)4)36-52(38-56)47-22-28-54(29-23-47)73(5,6)7/h11-43H,44H2,1-10H3. The maximum absolute atomic E-state index is 6.54. The van der Waals surface area contributed by atoms with Gasteiger partial charge in [-0.05, 0) is 174 Å². The van der Waals surface area contributed by atoms with Crippen LogP contribution in [0.5, 0.6) is 11.5 Å². The third-order valence-electron chi connectivity index (χ3n) is 17.0. The molecule has 0 atom stereocenters. The minimum Gasteiger partial charge on any atom is -0.456 e. The molecule has 0 aliphatic carbocycles. The van der Waals surface area contributed by atoms with Crippen LogP contribution in [0.25, 0.3) is 66.4 Å². The smallest absolute Gasteiger partial charge is 0.252 e. The largest absolute Gasteiger partial charge is 0.456 e. The third kappa shape index (κ3) is 8.29. The maximum Gasteiger partial charge on any atom is 0.252 e. The number of rotatable bonds is 6. The van der Waals surface area contributed by atoms with Crippen LogP contribution in [0.1, 0.15) is 84.6 Å². The van der Waals surface area contributed by atoms with E-state index in [1.807, 2.05) is 6.07 Å². The predicted octanol–water partition coefficient (Wildman–Crippen LogP) is 18.3. The summed E-state index contributed by atoms with van der Waals surface area (Å²) in [6.45, 7) is 22.9. The highest BCUT2D eigenvalue weighted by Gasteiger charge is 2.45. The summed E-state index contributed by atoms with van der Waals surface area (Å²) in [4.78, 5) is 5.09. The molecule has 3 aliphatic heterocycles. The Morgan fingerprint density at radius 1 is 0.375 bits per heavy atom. The van der Waals surface area contributed by atoms with Crippen molar-refractivity contribution < 1.29 is 13.9 Å². The molecule has 6 heteroatoms. The molecule has 0 N–H and O–H groups in total. The molecule has 0 amide bonds. The van der Waals surface area contributed by atoms with Crippen molar-refractivity contribution in [2.45, 2.75) is 85.5 Å². The Morgan fingerprint density at radius 3 is 1.59 bits per heavy atom. The monoisotopic (exact) mass is 1040 g/mol. The van der Waals surface area contributed by atoms with Crippen LogP contribution in [0.3, 0.4) is 0 Å². The SMILES string of the molecule is Cc1cc2c3c(c1)N(c1ccc(C(C)(C)C)cc1-c1ccccc1)c1cc4c(cc1B3c1ccc(-c3ccc5c(c3)oc3ccccc35)cc1N2c1cc(-c2ccc(C(C)(C)C)cc2)cc(-c2ccc(C(C)(C)C)cc2)c1)OCO4. The molecule has 11 aromatic rings. The molecule has 5 nitrogen and oxygen atoms in total. The molecule has 1 aromatic heterocycles. The minimum atomic E-state index is -0.161. The lowest BCUT2D eigenvalue weighted by Gasteiger charge is -2.45. The van der Waals surface area contributed by atoms with Crippen molar-refractivity contribution in [1.29, 1.82) is 0 Å². The van der Waals surface area contributed by atoms with Crippen molar-refractivity contribution in [2.24, 2.45) is 0 Å². The average Bonchev–Trinajstić information content (AvgIpc) is 4.11. The van der Waals surface area contributed by atoms with Gasteiger partial charge in [-0.25, -0.2) is 0 Å². The summed E-state index contributed by atoms with van der Waals surface area (Å²) in [5.74, 6) is 1.52. The van der Waals surface area contributed by atoms with Crippen LogP contribution < -0.4 is 35.7 Å². The number of anilines is 6. The fourth-order valence-corrected chi connectivity index (χ4v) is 12.6. The summed E-state index contributed by atoms with van der Waals surface area (Å²) in [5, 5.41) is 2.24. The van der Waals surface area contributed by atoms with Gasteiger partial charge >= 0.3 is 0 Å². The fourth-order valence-electron chi connectivity index (χ4n) is 12.6. The molecule has 0 unspecified atom stereocenters. The number of fused-ring (bicyclic) bond motifs is 8. The van der Waals surface area contributed by atoms with Gasteiger partial charge in [0.05, 0.1) is 5.69 Å². The number of benzene rings is 10. The Bertz CT molecular complexity index is 4210. The van der Waals surface area contributed by atoms with Crippen molar-refractivity contribution in [3.05, 3.63) is 222 Å². The first-order chi connectivity index (χ1) is 38.4. The Hall–Kier alpha value is -8.74. The van der Waals surface area contributed by atoms with Gasteiger partial charge in [-0.15, -0.1) is 0 Å². The molecular formula is C74H65BN2O3. The van der Waals surface area contributed by atoms with Crippen molar-refractivity contribution in [2.75, 3.05) is 16.6 Å². The van der Waals surface area contributed by atoms with Gasteiger partial charge in [0.15, 0.2) is 11.5 Å². The lowest BCUT2D eigenvalue weighted by atomic mass is 9.33. The van der Waals surface area contributed by atoms with Crippen LogP contribution in [0.15, 0.2) is 205 Å². The normalized spacial score (nSPS) is 13.7. The topological polar surface area (TPSA) is 38.1 Å². The summed E-state index contributed by atoms with van der Waals surface area (Å²) in [6.07, 6.45) is 0. The van der Waals surface area contributed by atoms with Crippen molar-refractivity contribution in [3.63, 3.8) is 0 Å². The summed E-state index contributed by atoms with van der Waals surface area (Å²) < 4.78 is 19.1. The van der Waals surface area contributed by atoms with Crippen LogP contribution in [0.2, 0.25) is 0 Å². The van der Waals surface area contributed by atoms with E-state index in [-0.39, 0.29) is 29.8 Å². The number of nitrogens with zero attached hydrogens (tertiary/aromatic N) is 2. The van der Waals surface area contributed by atoms with Crippen LogP contribution in [-0.4, -0.2) is 13.5 Å². The highest BCUT2D eigenvalue weighted by molar-refractivity contribution is 7.00. The molecule has 0 saturated carbocycles. The van der Waals surface area contributed by atoms with E-state index in [4.69, 9.17) is 13.9 Å². The van der Waals surface area contributed by atoms with Gasteiger partial charge in [-0.3, -0.25) is 0 Å². The molecule has 14 rings (SSSR count). The third-order valence-corrected chi connectivity index (χ3v) is 17.0. The van der Waals surface area contributed by atoms with Crippen molar-refractivity contribution in [3.8, 4) is 56.0 Å². The first kappa shape index (κ1) is 49.6. The fraction of sp³-hybridized carbons (Fsp3) is 0.189. The van der Waals surface area contributed by atoms with E-state index in [1.54, 1.807) is 0 Å². The zero-order chi connectivity index (χ0) is 55.0. The number of aryl methyl sites for hydroxylation is 1. The number of ether oxygens (including phenoxy) is 2. The van der Waals surface area contributed by atoms with Gasteiger partial charge in [0.25, 0.3) is 6.71 Å². The molecule has 0 radical (unpaired) electrons. The molecule has 0 spiro atoms. The van der Waals surface area contributed by atoms with Gasteiger partial charge in [-0.2, -0.15) is 0 Å². The van der Waals surface area contributed by atoms with Gasteiger partial charge in [0.1, 0.15) is 11.2 Å². The second-order valence-corrected chi connectivity index (χ2v) is 25.4. The maximum atomic E-state index is 6.54. The zero-order valence-corrected chi connectivity index (χ0v) is 47.5. The lowest BCUT2D eigenvalue weighted by Crippen LogP contribution is -2.61. The molecule has 392 valence electrons. The molecule has 10 aromatic carbocycles. The summed E-state index contributed by atoms with van der Waals surface area (Å²) in [7, 11) is 0. The Kier molecular flexibility index (Phi) is 11.2. The first-order valence-electron chi connectivity index (χ1n) is 28.2. The molecule has 4 heterocycles. The van der Waals surface area contributed by atoms with E-state index in [1.165, 1.54) is 44.3 Å². The molecular weight excluding hydrogens is 976 g/mol. The van der Waals surface area contributed by atoms with E-state index in [0.29, 0.717) is 0 Å². The van der Waals surface area contributed by atoms with Gasteiger partial charge < -0.3 is 23.7 Å². The second kappa shape index (κ2) is 18.2. The molecule has 0 bridgehead atoms. The van der Waals surface area contributed by atoms with Crippen LogP contribution in [0, 0.1) is 6.92 Å². The second-order valence-electron chi connectivity index (χ2n) is 25.4. The van der Waals surface area contributed by atoms with Crippen molar-refractivity contribution in [1.82, 2.24) is 0 Å². The van der Waals surface area contributed by atoms with Gasteiger partial charge in [0, 0.05) is 50.8 Å². The predicted molar refractivity (Wildman–Crippen MR) is 336 cm³/mol. The molecule has 80 heavy (non-hydrogen) atoms. The van der Waals surface area contributed by atoms with Crippen LogP contribution >= 0.6 is 0 Å². The van der Waals surface area contributed by atoms with E-state index in [0.717, 1.165) is 106 Å². The Balaban J connectivity index is 1.06. The number of hydrogen-bond acceptors (Lipinski definition) is 5. The summed E-state index contributed by atoms with van der Waals surface area (Å²) >= 11 is 0.